The zero-order valence-corrected chi connectivity index (χ0v) is 17.8. The molecule has 0 radical (unpaired) electrons. The van der Waals surface area contributed by atoms with Gasteiger partial charge in [0.25, 0.3) is 0 Å². The normalized spacial score (nSPS) is 16.1. The SMILES string of the molecule is CCOC(=O)C1=C(Cn2nnc(-c3cccc(C(F)(F)F)c3)n2)NC(=O)N[C@H]1c1ccccc1. The van der Waals surface area contributed by atoms with E-state index in [1.807, 2.05) is 0 Å². The van der Waals surface area contributed by atoms with Crippen LogP contribution in [0.1, 0.15) is 24.1 Å². The number of urea groups is 1. The molecule has 0 saturated heterocycles. The molecule has 1 atom stereocenters. The summed E-state index contributed by atoms with van der Waals surface area (Å²) >= 11 is 0. The minimum absolute atomic E-state index is 0.0377. The van der Waals surface area contributed by atoms with Crippen molar-refractivity contribution < 1.29 is 27.5 Å². The fraction of sp³-hybridized carbons (Fsp3) is 0.227. The van der Waals surface area contributed by atoms with Crippen molar-refractivity contribution in [2.75, 3.05) is 6.61 Å². The highest BCUT2D eigenvalue weighted by atomic mass is 19.4. The van der Waals surface area contributed by atoms with Crippen molar-refractivity contribution >= 4 is 12.0 Å². The number of benzene rings is 2. The van der Waals surface area contributed by atoms with Gasteiger partial charge in [-0.1, -0.05) is 42.5 Å². The number of aromatic nitrogens is 4. The maximum absolute atomic E-state index is 13.0. The molecule has 2 aromatic carbocycles. The number of rotatable bonds is 6. The highest BCUT2D eigenvalue weighted by Crippen LogP contribution is 2.31. The lowest BCUT2D eigenvalue weighted by molar-refractivity contribution is -0.139. The molecule has 34 heavy (non-hydrogen) atoms. The van der Waals surface area contributed by atoms with Crippen LogP contribution in [0.4, 0.5) is 18.0 Å². The second kappa shape index (κ2) is 9.33. The molecule has 2 amide bonds. The molecule has 3 aromatic rings. The van der Waals surface area contributed by atoms with E-state index in [1.165, 1.54) is 12.1 Å². The van der Waals surface area contributed by atoms with Crippen LogP contribution in [-0.4, -0.2) is 38.8 Å². The van der Waals surface area contributed by atoms with Gasteiger partial charge in [-0.2, -0.15) is 18.0 Å². The van der Waals surface area contributed by atoms with Gasteiger partial charge in [0.15, 0.2) is 0 Å². The summed E-state index contributed by atoms with van der Waals surface area (Å²) in [7, 11) is 0. The average Bonchev–Trinajstić information content (AvgIpc) is 3.27. The Kier molecular flexibility index (Phi) is 6.30. The molecule has 1 aliphatic heterocycles. The van der Waals surface area contributed by atoms with Gasteiger partial charge in [-0.3, -0.25) is 0 Å². The Hall–Kier alpha value is -4.22. The molecule has 9 nitrogen and oxygen atoms in total. The first-order valence-electron chi connectivity index (χ1n) is 10.2. The van der Waals surface area contributed by atoms with E-state index in [1.54, 1.807) is 37.3 Å². The minimum atomic E-state index is -4.52. The van der Waals surface area contributed by atoms with Crippen LogP contribution in [0.15, 0.2) is 65.9 Å². The van der Waals surface area contributed by atoms with Crippen LogP contribution in [-0.2, 0) is 22.3 Å². The Labute approximate surface area is 191 Å². The maximum Gasteiger partial charge on any atom is 0.416 e. The summed E-state index contributed by atoms with van der Waals surface area (Å²) < 4.78 is 44.3. The number of ether oxygens (including phenoxy) is 1. The van der Waals surface area contributed by atoms with Gasteiger partial charge in [0, 0.05) is 5.56 Å². The Morgan fingerprint density at radius 3 is 2.62 bits per heavy atom. The molecule has 0 bridgehead atoms. The van der Waals surface area contributed by atoms with Crippen LogP contribution in [0.3, 0.4) is 0 Å². The van der Waals surface area contributed by atoms with E-state index >= 15 is 0 Å². The van der Waals surface area contributed by atoms with Crippen molar-refractivity contribution in [3.63, 3.8) is 0 Å². The monoisotopic (exact) mass is 472 g/mol. The van der Waals surface area contributed by atoms with Gasteiger partial charge >= 0.3 is 18.2 Å². The van der Waals surface area contributed by atoms with Crippen molar-refractivity contribution in [1.29, 1.82) is 0 Å². The van der Waals surface area contributed by atoms with Gasteiger partial charge in [0.2, 0.25) is 5.82 Å². The summed E-state index contributed by atoms with van der Waals surface area (Å²) in [6, 6.07) is 12.1. The fourth-order valence-electron chi connectivity index (χ4n) is 3.49. The Morgan fingerprint density at radius 2 is 1.91 bits per heavy atom. The van der Waals surface area contributed by atoms with E-state index in [2.05, 4.69) is 26.0 Å². The summed E-state index contributed by atoms with van der Waals surface area (Å²) in [5, 5.41) is 17.1. The highest BCUT2D eigenvalue weighted by molar-refractivity contribution is 5.95. The number of allylic oxidation sites excluding steroid dienone is 1. The zero-order valence-electron chi connectivity index (χ0n) is 17.8. The maximum atomic E-state index is 13.0. The smallest absolute Gasteiger partial charge is 0.416 e. The number of tetrazole rings is 1. The van der Waals surface area contributed by atoms with Crippen LogP contribution in [0, 0.1) is 0 Å². The van der Waals surface area contributed by atoms with Crippen molar-refractivity contribution in [3.05, 3.63) is 77.0 Å². The van der Waals surface area contributed by atoms with Gasteiger partial charge in [0.05, 0.1) is 29.5 Å². The number of hydrogen-bond acceptors (Lipinski definition) is 6. The summed E-state index contributed by atoms with van der Waals surface area (Å²) in [5.74, 6) is -0.679. The van der Waals surface area contributed by atoms with Crippen molar-refractivity contribution in [2.24, 2.45) is 0 Å². The van der Waals surface area contributed by atoms with Crippen LogP contribution in [0.25, 0.3) is 11.4 Å². The largest absolute Gasteiger partial charge is 0.463 e. The molecule has 0 unspecified atom stereocenters. The molecule has 176 valence electrons. The number of hydrogen-bond donors (Lipinski definition) is 2. The van der Waals surface area contributed by atoms with Crippen molar-refractivity contribution in [2.45, 2.75) is 25.7 Å². The number of alkyl halides is 3. The Morgan fingerprint density at radius 1 is 1.15 bits per heavy atom. The highest BCUT2D eigenvalue weighted by Gasteiger charge is 2.34. The van der Waals surface area contributed by atoms with Crippen LogP contribution >= 0.6 is 0 Å². The quantitative estimate of drug-likeness (QED) is 0.533. The third kappa shape index (κ3) is 4.90. The van der Waals surface area contributed by atoms with Gasteiger partial charge in [-0.15, -0.1) is 10.2 Å². The number of amides is 2. The lowest BCUT2D eigenvalue weighted by Gasteiger charge is -2.29. The summed E-state index contributed by atoms with van der Waals surface area (Å²) in [6.07, 6.45) is -4.52. The Bertz CT molecular complexity index is 1240. The van der Waals surface area contributed by atoms with Gasteiger partial charge in [-0.05, 0) is 29.8 Å². The number of carbonyl (C=O) groups is 2. The fourth-order valence-corrected chi connectivity index (χ4v) is 3.49. The molecule has 2 N–H and O–H groups in total. The van der Waals surface area contributed by atoms with E-state index in [-0.39, 0.29) is 35.8 Å². The number of nitrogens with zero attached hydrogens (tertiary/aromatic N) is 4. The van der Waals surface area contributed by atoms with Crippen molar-refractivity contribution in [3.8, 4) is 11.4 Å². The number of nitrogens with one attached hydrogen (secondary N) is 2. The molecule has 2 heterocycles. The minimum Gasteiger partial charge on any atom is -0.463 e. The van der Waals surface area contributed by atoms with Crippen LogP contribution in [0.2, 0.25) is 0 Å². The number of halogens is 3. The molecule has 0 spiro atoms. The van der Waals surface area contributed by atoms with Crippen LogP contribution < -0.4 is 10.6 Å². The second-order valence-electron chi connectivity index (χ2n) is 7.28. The van der Waals surface area contributed by atoms with Gasteiger partial charge in [0.1, 0.15) is 6.54 Å². The summed E-state index contributed by atoms with van der Waals surface area (Å²) in [5.41, 5.74) is 0.283. The van der Waals surface area contributed by atoms with Gasteiger partial charge < -0.3 is 15.4 Å². The Balaban J connectivity index is 1.69. The van der Waals surface area contributed by atoms with E-state index in [0.29, 0.717) is 5.56 Å². The topological polar surface area (TPSA) is 111 Å². The number of esters is 1. The molecule has 0 fully saturated rings. The van der Waals surface area contributed by atoms with E-state index in [4.69, 9.17) is 4.74 Å². The summed E-state index contributed by atoms with van der Waals surface area (Å²) in [4.78, 5) is 26.2. The predicted octanol–water partition coefficient (Wildman–Crippen LogP) is 3.23. The average molecular weight is 472 g/mol. The molecule has 1 aromatic heterocycles. The first-order valence-corrected chi connectivity index (χ1v) is 10.2. The molecule has 12 heteroatoms. The lowest BCUT2D eigenvalue weighted by atomic mass is 9.95. The molecule has 4 rings (SSSR count). The number of carbonyl (C=O) groups excluding carboxylic acids is 2. The second-order valence-corrected chi connectivity index (χ2v) is 7.28. The van der Waals surface area contributed by atoms with Gasteiger partial charge in [-0.25, -0.2) is 9.59 Å². The van der Waals surface area contributed by atoms with E-state index < -0.39 is 29.8 Å². The first-order chi connectivity index (χ1) is 16.3. The molecule has 1 aliphatic rings. The first kappa shape index (κ1) is 23.0. The molecule has 0 aliphatic carbocycles. The third-order valence-electron chi connectivity index (χ3n) is 4.98. The van der Waals surface area contributed by atoms with Crippen molar-refractivity contribution in [1.82, 2.24) is 30.8 Å². The molecule has 0 saturated carbocycles. The lowest BCUT2D eigenvalue weighted by Crippen LogP contribution is -2.47. The van der Waals surface area contributed by atoms with E-state index in [9.17, 15) is 22.8 Å². The van der Waals surface area contributed by atoms with E-state index in [0.717, 1.165) is 16.9 Å². The predicted molar refractivity (Wildman–Crippen MR) is 113 cm³/mol. The molecular formula is C22H19F3N6O3. The zero-order chi connectivity index (χ0) is 24.3. The molecular weight excluding hydrogens is 453 g/mol. The summed E-state index contributed by atoms with van der Waals surface area (Å²) in [6.45, 7) is 1.61. The standard InChI is InChI=1S/C22H19F3N6O3/c1-2-34-20(32)17-16(26-21(33)27-18(17)13-7-4-3-5-8-13)12-31-29-19(28-30-31)14-9-6-10-15(11-14)22(23,24)25/h3-11,18H,2,12H2,1H3,(H2,26,27,33)/t18-/m0/s1. The van der Waals surface area contributed by atoms with Crippen LogP contribution in [0.5, 0.6) is 0 Å². The third-order valence-corrected chi connectivity index (χ3v) is 4.98.